The molecule has 1 N–H and O–H groups in total. The van der Waals surface area contributed by atoms with Gasteiger partial charge in [0.05, 0.1) is 0 Å². The first kappa shape index (κ1) is 11.9. The molecule has 2 fully saturated rings. The van der Waals surface area contributed by atoms with Crippen molar-refractivity contribution >= 4 is 5.91 Å². The lowest BCUT2D eigenvalue weighted by molar-refractivity contribution is -0.139. The minimum atomic E-state index is 0.256. The molecule has 2 atom stereocenters. The SMILES string of the molecule is CCC(CC)C(=O)N1CC2CNCC(C2)C1. The molecule has 2 aliphatic heterocycles. The highest BCUT2D eigenvalue weighted by Gasteiger charge is 2.34. The molecule has 2 aliphatic rings. The molecule has 0 aliphatic carbocycles. The number of amides is 1. The molecule has 0 spiro atoms. The van der Waals surface area contributed by atoms with Gasteiger partial charge in [0, 0.05) is 19.0 Å². The van der Waals surface area contributed by atoms with E-state index in [-0.39, 0.29) is 5.92 Å². The molecule has 2 unspecified atom stereocenters. The van der Waals surface area contributed by atoms with E-state index in [1.54, 1.807) is 0 Å². The zero-order valence-electron chi connectivity index (χ0n) is 10.5. The van der Waals surface area contributed by atoms with Gasteiger partial charge in [0.1, 0.15) is 0 Å². The summed E-state index contributed by atoms with van der Waals surface area (Å²) >= 11 is 0. The van der Waals surface area contributed by atoms with Crippen molar-refractivity contribution < 1.29 is 4.79 Å². The molecule has 0 aromatic carbocycles. The maximum absolute atomic E-state index is 12.3. The van der Waals surface area contributed by atoms with Gasteiger partial charge < -0.3 is 10.2 Å². The van der Waals surface area contributed by atoms with Gasteiger partial charge in [0.15, 0.2) is 0 Å². The van der Waals surface area contributed by atoms with Crippen molar-refractivity contribution in [3.8, 4) is 0 Å². The van der Waals surface area contributed by atoms with E-state index in [4.69, 9.17) is 0 Å². The van der Waals surface area contributed by atoms with Crippen LogP contribution in [0.2, 0.25) is 0 Å². The number of hydrogen-bond donors (Lipinski definition) is 1. The number of nitrogens with one attached hydrogen (secondary N) is 1. The molecule has 2 bridgehead atoms. The van der Waals surface area contributed by atoms with Crippen LogP contribution in [0.3, 0.4) is 0 Å². The van der Waals surface area contributed by atoms with Crippen molar-refractivity contribution in [3.05, 3.63) is 0 Å². The number of carbonyl (C=O) groups excluding carboxylic acids is 1. The van der Waals surface area contributed by atoms with E-state index in [0.717, 1.165) is 39.0 Å². The lowest BCUT2D eigenvalue weighted by Crippen LogP contribution is -2.53. The third-order valence-corrected chi connectivity index (χ3v) is 4.14. The monoisotopic (exact) mass is 224 g/mol. The van der Waals surface area contributed by atoms with Gasteiger partial charge in [-0.2, -0.15) is 0 Å². The van der Waals surface area contributed by atoms with Crippen molar-refractivity contribution in [3.63, 3.8) is 0 Å². The second-order valence-electron chi connectivity index (χ2n) is 5.38. The highest BCUT2D eigenvalue weighted by Crippen LogP contribution is 2.26. The predicted octanol–water partition coefficient (Wildman–Crippen LogP) is 1.49. The molecule has 0 aromatic rings. The summed E-state index contributed by atoms with van der Waals surface area (Å²) in [6.45, 7) is 8.42. The van der Waals surface area contributed by atoms with Gasteiger partial charge in [0.2, 0.25) is 5.91 Å². The van der Waals surface area contributed by atoms with E-state index in [1.807, 2.05) is 0 Å². The van der Waals surface area contributed by atoms with Crippen molar-refractivity contribution in [2.45, 2.75) is 33.1 Å². The molecule has 0 aromatic heterocycles. The normalized spacial score (nSPS) is 29.6. The summed E-state index contributed by atoms with van der Waals surface area (Å²) < 4.78 is 0. The fourth-order valence-corrected chi connectivity index (χ4v) is 3.18. The van der Waals surface area contributed by atoms with Crippen LogP contribution in [0, 0.1) is 17.8 Å². The number of likely N-dealkylation sites (tertiary alicyclic amines) is 1. The summed E-state index contributed by atoms with van der Waals surface area (Å²) in [6.07, 6.45) is 3.29. The Morgan fingerprint density at radius 3 is 2.31 bits per heavy atom. The summed E-state index contributed by atoms with van der Waals surface area (Å²) in [5.74, 6) is 2.06. The molecule has 3 heteroatoms. The van der Waals surface area contributed by atoms with Gasteiger partial charge in [-0.25, -0.2) is 0 Å². The van der Waals surface area contributed by atoms with Gasteiger partial charge in [-0.15, -0.1) is 0 Å². The van der Waals surface area contributed by atoms with Crippen LogP contribution in [0.5, 0.6) is 0 Å². The molecule has 3 nitrogen and oxygen atoms in total. The minimum Gasteiger partial charge on any atom is -0.342 e. The van der Waals surface area contributed by atoms with Crippen LogP contribution in [0.25, 0.3) is 0 Å². The highest BCUT2D eigenvalue weighted by atomic mass is 16.2. The number of hydrogen-bond acceptors (Lipinski definition) is 2. The van der Waals surface area contributed by atoms with E-state index in [9.17, 15) is 4.79 Å². The van der Waals surface area contributed by atoms with E-state index >= 15 is 0 Å². The summed E-state index contributed by atoms with van der Waals surface area (Å²) in [6, 6.07) is 0. The van der Waals surface area contributed by atoms with Gasteiger partial charge >= 0.3 is 0 Å². The van der Waals surface area contributed by atoms with Crippen LogP contribution in [0.1, 0.15) is 33.1 Å². The fourth-order valence-electron chi connectivity index (χ4n) is 3.18. The molecular weight excluding hydrogens is 200 g/mol. The van der Waals surface area contributed by atoms with Crippen LogP contribution >= 0.6 is 0 Å². The van der Waals surface area contributed by atoms with Gasteiger partial charge in [-0.05, 0) is 44.2 Å². The van der Waals surface area contributed by atoms with Crippen molar-refractivity contribution in [2.75, 3.05) is 26.2 Å². The van der Waals surface area contributed by atoms with E-state index < -0.39 is 0 Å². The maximum Gasteiger partial charge on any atom is 0.225 e. The summed E-state index contributed by atoms with van der Waals surface area (Å²) in [5.41, 5.74) is 0. The summed E-state index contributed by atoms with van der Waals surface area (Å²) in [7, 11) is 0. The van der Waals surface area contributed by atoms with Crippen LogP contribution in [0.4, 0.5) is 0 Å². The largest absolute Gasteiger partial charge is 0.342 e. The Morgan fingerprint density at radius 2 is 1.81 bits per heavy atom. The molecule has 1 amide bonds. The minimum absolute atomic E-state index is 0.256. The zero-order chi connectivity index (χ0) is 11.5. The standard InChI is InChI=1S/C13H24N2O/c1-3-12(4-2)13(16)15-8-10-5-11(9-15)7-14-6-10/h10-12,14H,3-9H2,1-2H3. The fraction of sp³-hybridized carbons (Fsp3) is 0.923. The number of rotatable bonds is 3. The van der Waals surface area contributed by atoms with Crippen LogP contribution < -0.4 is 5.32 Å². The summed E-state index contributed by atoms with van der Waals surface area (Å²) in [4.78, 5) is 14.4. The molecule has 2 heterocycles. The Bertz CT molecular complexity index is 238. The lowest BCUT2D eigenvalue weighted by Gasteiger charge is -2.42. The second-order valence-corrected chi connectivity index (χ2v) is 5.38. The first-order chi connectivity index (χ1) is 7.74. The average molecular weight is 224 g/mol. The average Bonchev–Trinajstić information content (AvgIpc) is 2.30. The lowest BCUT2D eigenvalue weighted by atomic mass is 9.85. The summed E-state index contributed by atoms with van der Waals surface area (Å²) in [5, 5.41) is 3.47. The second kappa shape index (κ2) is 5.17. The Balaban J connectivity index is 1.96. The number of nitrogens with zero attached hydrogens (tertiary/aromatic N) is 1. The predicted molar refractivity (Wildman–Crippen MR) is 65.1 cm³/mol. The molecule has 0 radical (unpaired) electrons. The topological polar surface area (TPSA) is 32.3 Å². The first-order valence-corrected chi connectivity index (χ1v) is 6.74. The zero-order valence-corrected chi connectivity index (χ0v) is 10.5. The number of piperidine rings is 2. The van der Waals surface area contributed by atoms with Gasteiger partial charge in [-0.1, -0.05) is 13.8 Å². The van der Waals surface area contributed by atoms with Crippen LogP contribution in [-0.2, 0) is 4.79 Å². The molecule has 16 heavy (non-hydrogen) atoms. The Kier molecular flexibility index (Phi) is 3.85. The maximum atomic E-state index is 12.3. The smallest absolute Gasteiger partial charge is 0.225 e. The van der Waals surface area contributed by atoms with Crippen LogP contribution in [0.15, 0.2) is 0 Å². The Morgan fingerprint density at radius 1 is 1.25 bits per heavy atom. The number of carbonyl (C=O) groups is 1. The van der Waals surface area contributed by atoms with Crippen LogP contribution in [-0.4, -0.2) is 37.0 Å². The quantitative estimate of drug-likeness (QED) is 0.788. The first-order valence-electron chi connectivity index (χ1n) is 6.74. The molecule has 0 saturated carbocycles. The van der Waals surface area contributed by atoms with E-state index in [1.165, 1.54) is 6.42 Å². The third-order valence-electron chi connectivity index (χ3n) is 4.14. The number of fused-ring (bicyclic) bond motifs is 2. The van der Waals surface area contributed by atoms with Crippen molar-refractivity contribution in [1.82, 2.24) is 10.2 Å². The van der Waals surface area contributed by atoms with E-state index in [0.29, 0.717) is 17.7 Å². The van der Waals surface area contributed by atoms with Gasteiger partial charge in [-0.3, -0.25) is 4.79 Å². The molecule has 2 saturated heterocycles. The Labute approximate surface area is 98.6 Å². The Hall–Kier alpha value is -0.570. The third kappa shape index (κ3) is 2.40. The molecule has 92 valence electrons. The highest BCUT2D eigenvalue weighted by molar-refractivity contribution is 5.78. The molecular formula is C13H24N2O. The van der Waals surface area contributed by atoms with Crippen molar-refractivity contribution in [2.24, 2.45) is 17.8 Å². The van der Waals surface area contributed by atoms with Crippen molar-refractivity contribution in [1.29, 1.82) is 0 Å². The van der Waals surface area contributed by atoms with E-state index in [2.05, 4.69) is 24.1 Å². The van der Waals surface area contributed by atoms with Gasteiger partial charge in [0.25, 0.3) is 0 Å². The molecule has 2 rings (SSSR count).